The molecule has 0 radical (unpaired) electrons. The molecule has 0 unspecified atom stereocenters. The molecule has 4 rings (SSSR count). The summed E-state index contributed by atoms with van der Waals surface area (Å²) in [5.74, 6) is 0.265. The van der Waals surface area contributed by atoms with Crippen LogP contribution in [-0.4, -0.2) is 68.8 Å². The Labute approximate surface area is 215 Å². The molecule has 0 spiro atoms. The van der Waals surface area contributed by atoms with Crippen LogP contribution < -0.4 is 9.54 Å². The molecule has 1 fully saturated rings. The third-order valence-electron chi connectivity index (χ3n) is 5.81. The predicted molar refractivity (Wildman–Crippen MR) is 138 cm³/mol. The normalized spacial score (nSPS) is 19.6. The highest BCUT2D eigenvalue weighted by atomic mass is 32.2. The van der Waals surface area contributed by atoms with Gasteiger partial charge >= 0.3 is 0 Å². The zero-order valence-corrected chi connectivity index (χ0v) is 22.5. The van der Waals surface area contributed by atoms with E-state index in [-0.39, 0.29) is 17.1 Å². The minimum atomic E-state index is -3.69. The van der Waals surface area contributed by atoms with Crippen molar-refractivity contribution in [1.29, 1.82) is 0 Å². The minimum absolute atomic E-state index is 0.138. The summed E-state index contributed by atoms with van der Waals surface area (Å²) in [5, 5.41) is 0. The van der Waals surface area contributed by atoms with Crippen molar-refractivity contribution in [2.75, 3.05) is 33.4 Å². The van der Waals surface area contributed by atoms with E-state index in [1.54, 1.807) is 7.11 Å². The average molecular weight is 534 g/mol. The first-order valence-corrected chi connectivity index (χ1v) is 14.1. The molecule has 1 aromatic heterocycles. The van der Waals surface area contributed by atoms with Crippen LogP contribution in [0.2, 0.25) is 0 Å². The minimum Gasteiger partial charge on any atom is -0.492 e. The van der Waals surface area contributed by atoms with Crippen LogP contribution in [0, 0.1) is 0 Å². The second-order valence-corrected chi connectivity index (χ2v) is 11.5. The number of rotatable bonds is 8. The molecule has 1 aliphatic heterocycles. The van der Waals surface area contributed by atoms with Gasteiger partial charge in [-0.25, -0.2) is 8.42 Å². The highest BCUT2D eigenvalue weighted by Crippen LogP contribution is 2.28. The number of methoxy groups -OCH3 is 1. The van der Waals surface area contributed by atoms with Crippen molar-refractivity contribution in [3.63, 3.8) is 0 Å². The van der Waals surface area contributed by atoms with Crippen molar-refractivity contribution in [3.05, 3.63) is 52.8 Å². The Morgan fingerprint density at radius 3 is 2.47 bits per heavy atom. The quantitative estimate of drug-likeness (QED) is 0.441. The fourth-order valence-electron chi connectivity index (χ4n) is 4.24. The summed E-state index contributed by atoms with van der Waals surface area (Å²) in [6, 6.07) is 11.7. The third-order valence-corrected chi connectivity index (χ3v) is 8.69. The lowest BCUT2D eigenvalue weighted by molar-refractivity contribution is -0.0440. The van der Waals surface area contributed by atoms with E-state index < -0.39 is 15.9 Å². The second kappa shape index (κ2) is 11.2. The van der Waals surface area contributed by atoms with Crippen LogP contribution in [0.5, 0.6) is 5.75 Å². The predicted octanol–water partition coefficient (Wildman–Crippen LogP) is 3.29. The van der Waals surface area contributed by atoms with Gasteiger partial charge in [-0.1, -0.05) is 17.4 Å². The topological polar surface area (TPSA) is 99.4 Å². The summed E-state index contributed by atoms with van der Waals surface area (Å²) < 4.78 is 47.2. The third kappa shape index (κ3) is 5.55. The number of hydrogen-bond donors (Lipinski definition) is 0. The highest BCUT2D eigenvalue weighted by molar-refractivity contribution is 7.89. The first-order valence-electron chi connectivity index (χ1n) is 11.8. The van der Waals surface area contributed by atoms with Crippen molar-refractivity contribution >= 4 is 37.5 Å². The Morgan fingerprint density at radius 1 is 1.14 bits per heavy atom. The van der Waals surface area contributed by atoms with Gasteiger partial charge in [-0.15, -0.1) is 0 Å². The van der Waals surface area contributed by atoms with Gasteiger partial charge in [0.15, 0.2) is 4.80 Å². The number of carbonyl (C=O) groups excluding carboxylic acids is 1. The second-order valence-electron chi connectivity index (χ2n) is 8.59. The summed E-state index contributed by atoms with van der Waals surface area (Å²) >= 11 is 1.39. The van der Waals surface area contributed by atoms with Crippen LogP contribution in [0.25, 0.3) is 10.2 Å². The molecule has 3 aromatic rings. The van der Waals surface area contributed by atoms with E-state index in [1.165, 1.54) is 39.9 Å². The van der Waals surface area contributed by atoms with E-state index in [0.29, 0.717) is 43.2 Å². The molecule has 2 atom stereocenters. The lowest BCUT2D eigenvalue weighted by atomic mass is 10.2. The van der Waals surface area contributed by atoms with Gasteiger partial charge in [0.2, 0.25) is 10.0 Å². The summed E-state index contributed by atoms with van der Waals surface area (Å²) in [6.07, 6.45) is -0.366. The maximum atomic E-state index is 13.1. The summed E-state index contributed by atoms with van der Waals surface area (Å²) in [7, 11) is -2.07. The van der Waals surface area contributed by atoms with Crippen LogP contribution in [0.3, 0.4) is 0 Å². The fourth-order valence-corrected chi connectivity index (χ4v) is 6.90. The number of fused-ring (bicyclic) bond motifs is 1. The van der Waals surface area contributed by atoms with E-state index in [9.17, 15) is 13.2 Å². The van der Waals surface area contributed by atoms with E-state index in [4.69, 9.17) is 14.2 Å². The molecule has 0 N–H and O–H groups in total. The molecule has 9 nitrogen and oxygen atoms in total. The number of amides is 1. The first kappa shape index (κ1) is 26.5. The molecular weight excluding hydrogens is 502 g/mol. The number of hydrogen-bond acceptors (Lipinski definition) is 7. The Bertz CT molecular complexity index is 1390. The fraction of sp³-hybridized carbons (Fsp3) is 0.440. The number of aromatic nitrogens is 1. The van der Waals surface area contributed by atoms with Gasteiger partial charge in [0.1, 0.15) is 11.3 Å². The Morgan fingerprint density at radius 2 is 1.83 bits per heavy atom. The molecule has 36 heavy (non-hydrogen) atoms. The lowest BCUT2D eigenvalue weighted by Crippen LogP contribution is -2.48. The molecule has 1 aliphatic rings. The van der Waals surface area contributed by atoms with E-state index >= 15 is 0 Å². The SMILES string of the molecule is CCOc1cccc2sc(=NC(=O)c3ccc(S(=O)(=O)N4C[C@H](C)O[C@@H](C)C4)cc3)n(CCOC)c12. The van der Waals surface area contributed by atoms with Crippen LogP contribution in [0.1, 0.15) is 31.1 Å². The number of nitrogens with zero attached hydrogens (tertiary/aromatic N) is 3. The summed E-state index contributed by atoms with van der Waals surface area (Å²) in [4.78, 5) is 18.1. The van der Waals surface area contributed by atoms with E-state index in [1.807, 2.05) is 43.5 Å². The van der Waals surface area contributed by atoms with Gasteiger partial charge in [0.25, 0.3) is 5.91 Å². The van der Waals surface area contributed by atoms with Gasteiger partial charge in [0.05, 0.1) is 35.0 Å². The van der Waals surface area contributed by atoms with Gasteiger partial charge in [0, 0.05) is 32.3 Å². The number of carbonyl (C=O) groups is 1. The summed E-state index contributed by atoms with van der Waals surface area (Å²) in [5.41, 5.74) is 1.17. The van der Waals surface area contributed by atoms with Crippen LogP contribution in [0.4, 0.5) is 0 Å². The standard InChI is InChI=1S/C25H31N3O6S2/c1-5-33-21-7-6-8-22-23(21)28(13-14-32-4)25(35-22)26-24(29)19-9-11-20(12-10-19)36(30,31)27-15-17(2)34-18(3)16-27/h6-12,17-18H,5,13-16H2,1-4H3/t17-,18-/m0/s1. The lowest BCUT2D eigenvalue weighted by Gasteiger charge is -2.34. The molecule has 1 saturated heterocycles. The van der Waals surface area contributed by atoms with E-state index in [2.05, 4.69) is 4.99 Å². The highest BCUT2D eigenvalue weighted by Gasteiger charge is 2.32. The number of benzene rings is 2. The average Bonchev–Trinajstić information content (AvgIpc) is 3.20. The number of thiazole rings is 1. The van der Waals surface area contributed by atoms with Gasteiger partial charge < -0.3 is 18.8 Å². The Kier molecular flexibility index (Phi) is 8.26. The smallest absolute Gasteiger partial charge is 0.279 e. The van der Waals surface area contributed by atoms with Crippen molar-refractivity contribution in [2.24, 2.45) is 4.99 Å². The van der Waals surface area contributed by atoms with Crippen molar-refractivity contribution in [2.45, 2.75) is 44.4 Å². The van der Waals surface area contributed by atoms with Gasteiger partial charge in [-0.3, -0.25) is 4.79 Å². The van der Waals surface area contributed by atoms with Crippen molar-refractivity contribution < 1.29 is 27.4 Å². The molecular formula is C25H31N3O6S2. The van der Waals surface area contributed by atoms with Crippen LogP contribution in [0.15, 0.2) is 52.4 Å². The van der Waals surface area contributed by atoms with Gasteiger partial charge in [-0.2, -0.15) is 9.30 Å². The number of ether oxygens (including phenoxy) is 3. The molecule has 1 amide bonds. The number of sulfonamides is 1. The summed E-state index contributed by atoms with van der Waals surface area (Å²) in [6.45, 7) is 7.67. The van der Waals surface area contributed by atoms with Gasteiger partial charge in [-0.05, 0) is 57.2 Å². The maximum absolute atomic E-state index is 13.1. The number of morpholine rings is 1. The Balaban J connectivity index is 1.65. The molecule has 0 bridgehead atoms. The molecule has 0 saturated carbocycles. The largest absolute Gasteiger partial charge is 0.492 e. The number of para-hydroxylation sites is 1. The first-order chi connectivity index (χ1) is 17.2. The molecule has 2 aromatic carbocycles. The zero-order valence-electron chi connectivity index (χ0n) is 20.8. The molecule has 194 valence electrons. The zero-order chi connectivity index (χ0) is 25.9. The van der Waals surface area contributed by atoms with Crippen LogP contribution >= 0.6 is 11.3 Å². The maximum Gasteiger partial charge on any atom is 0.279 e. The van der Waals surface area contributed by atoms with Crippen LogP contribution in [-0.2, 0) is 26.0 Å². The monoisotopic (exact) mass is 533 g/mol. The van der Waals surface area contributed by atoms with E-state index in [0.717, 1.165) is 16.0 Å². The molecule has 0 aliphatic carbocycles. The van der Waals surface area contributed by atoms with Crippen molar-refractivity contribution in [3.8, 4) is 5.75 Å². The Hall–Kier alpha value is -2.57. The molecule has 11 heteroatoms. The van der Waals surface area contributed by atoms with Crippen molar-refractivity contribution in [1.82, 2.24) is 8.87 Å². The molecule has 2 heterocycles.